The highest BCUT2D eigenvalue weighted by molar-refractivity contribution is 7.90. The fraction of sp³-hybridized carbons (Fsp3) is 0.429. The number of hydrogen-bond acceptors (Lipinski definition) is 6. The van der Waals surface area contributed by atoms with E-state index in [4.69, 9.17) is 0 Å². The van der Waals surface area contributed by atoms with Crippen LogP contribution in [0.4, 0.5) is 13.2 Å². The Morgan fingerprint density at radius 2 is 1.69 bits per heavy atom. The highest BCUT2D eigenvalue weighted by Crippen LogP contribution is 2.41. The van der Waals surface area contributed by atoms with Crippen molar-refractivity contribution in [2.75, 3.05) is 13.1 Å². The topological polar surface area (TPSA) is 68.1 Å². The van der Waals surface area contributed by atoms with Crippen molar-refractivity contribution in [3.8, 4) is 10.6 Å². The molecule has 6 nitrogen and oxygen atoms in total. The van der Waals surface area contributed by atoms with Gasteiger partial charge in [0.1, 0.15) is 5.01 Å². The molecule has 39 heavy (non-hydrogen) atoms. The molecule has 0 radical (unpaired) electrons. The van der Waals surface area contributed by atoms with Crippen molar-refractivity contribution in [3.63, 3.8) is 0 Å². The van der Waals surface area contributed by atoms with E-state index < -0.39 is 21.9 Å². The fourth-order valence-electron chi connectivity index (χ4n) is 5.96. The van der Waals surface area contributed by atoms with Crippen LogP contribution in [-0.4, -0.2) is 46.4 Å². The lowest BCUT2D eigenvalue weighted by atomic mass is 9.81. The van der Waals surface area contributed by atoms with Crippen LogP contribution in [0.5, 0.6) is 0 Å². The standard InChI is InChI=1S/C28H29F3N4O2S2/c29-28(30,31)25-18-38-27(33-25)24-17-35(39(36,37)22-7-3-1-4-8-22)26-23(24)15-20(16-32-26)19-9-11-21(12-10-19)34-13-5-2-6-14-34/h1,3-4,7-8,15-19,21H,2,5-6,9-14H2/t19-,21+. The highest BCUT2D eigenvalue weighted by Gasteiger charge is 2.35. The van der Waals surface area contributed by atoms with Crippen molar-refractivity contribution in [2.45, 2.75) is 68.0 Å². The average Bonchev–Trinajstić information content (AvgIpc) is 3.60. The van der Waals surface area contributed by atoms with Crippen LogP contribution in [0, 0.1) is 0 Å². The molecule has 206 valence electrons. The van der Waals surface area contributed by atoms with Gasteiger partial charge in [-0.15, -0.1) is 11.3 Å². The summed E-state index contributed by atoms with van der Waals surface area (Å²) in [5.41, 5.74) is 0.516. The maximum atomic E-state index is 13.6. The van der Waals surface area contributed by atoms with Crippen LogP contribution in [0.15, 0.2) is 59.1 Å². The van der Waals surface area contributed by atoms with Crippen molar-refractivity contribution in [1.29, 1.82) is 0 Å². The second-order valence-corrected chi connectivity index (χ2v) is 13.1. The van der Waals surface area contributed by atoms with Gasteiger partial charge in [0.25, 0.3) is 10.0 Å². The number of likely N-dealkylation sites (tertiary alicyclic amines) is 1. The van der Waals surface area contributed by atoms with Gasteiger partial charge in [-0.25, -0.2) is 22.4 Å². The monoisotopic (exact) mass is 574 g/mol. The Labute approximate surface area is 229 Å². The molecule has 4 aromatic rings. The van der Waals surface area contributed by atoms with Gasteiger partial charge in [0.2, 0.25) is 0 Å². The number of halogens is 3. The Balaban J connectivity index is 1.38. The van der Waals surface area contributed by atoms with E-state index in [2.05, 4.69) is 14.9 Å². The summed E-state index contributed by atoms with van der Waals surface area (Å²) in [6.07, 6.45) is 6.54. The SMILES string of the molecule is O=S(=O)(c1ccccc1)n1cc(-c2nc(C(F)(F)F)cs2)c2cc([C@H]3CC[C@@H](N4CCCCC4)CC3)cnc21. The Bertz CT molecular complexity index is 1570. The van der Waals surface area contributed by atoms with Crippen LogP contribution in [0.25, 0.3) is 21.6 Å². The van der Waals surface area contributed by atoms with E-state index in [1.54, 1.807) is 24.4 Å². The molecule has 1 aromatic carbocycles. The third kappa shape index (κ3) is 5.12. The second kappa shape index (κ2) is 10.3. The number of pyridine rings is 1. The van der Waals surface area contributed by atoms with E-state index >= 15 is 0 Å². The van der Waals surface area contributed by atoms with Gasteiger partial charge in [-0.05, 0) is 81.3 Å². The molecule has 0 unspecified atom stereocenters. The first-order valence-corrected chi connectivity index (χ1v) is 15.6. The molecule has 1 aliphatic heterocycles. The van der Waals surface area contributed by atoms with E-state index in [1.165, 1.54) is 50.7 Å². The second-order valence-electron chi connectivity index (χ2n) is 10.4. The minimum atomic E-state index is -4.58. The summed E-state index contributed by atoms with van der Waals surface area (Å²) in [5, 5.41) is 1.57. The molecule has 1 aliphatic carbocycles. The zero-order chi connectivity index (χ0) is 27.2. The van der Waals surface area contributed by atoms with Crippen molar-refractivity contribution >= 4 is 32.4 Å². The van der Waals surface area contributed by atoms with Gasteiger partial charge in [-0.1, -0.05) is 24.6 Å². The summed E-state index contributed by atoms with van der Waals surface area (Å²) in [4.78, 5) is 11.1. The molecule has 0 spiro atoms. The van der Waals surface area contributed by atoms with E-state index in [1.807, 2.05) is 6.07 Å². The number of piperidine rings is 1. The van der Waals surface area contributed by atoms with E-state index in [0.29, 0.717) is 17.0 Å². The Morgan fingerprint density at radius 1 is 0.974 bits per heavy atom. The predicted octanol–water partition coefficient (Wildman–Crippen LogP) is 6.93. The summed E-state index contributed by atoms with van der Waals surface area (Å²) >= 11 is 0.849. The van der Waals surface area contributed by atoms with Crippen LogP contribution in [0.1, 0.15) is 62.1 Å². The number of nitrogens with zero attached hydrogens (tertiary/aromatic N) is 4. The number of hydrogen-bond donors (Lipinski definition) is 0. The van der Waals surface area contributed by atoms with Gasteiger partial charge in [0.15, 0.2) is 11.3 Å². The first-order chi connectivity index (χ1) is 18.7. The molecule has 4 heterocycles. The van der Waals surface area contributed by atoms with E-state index in [9.17, 15) is 21.6 Å². The third-order valence-electron chi connectivity index (χ3n) is 8.03. The summed E-state index contributed by atoms with van der Waals surface area (Å²) in [7, 11) is -4.03. The molecule has 0 atom stereocenters. The maximum Gasteiger partial charge on any atom is 0.434 e. The zero-order valence-corrected chi connectivity index (χ0v) is 22.9. The molecule has 1 saturated heterocycles. The van der Waals surface area contributed by atoms with Crippen molar-refractivity contribution in [2.24, 2.45) is 0 Å². The number of rotatable bonds is 5. The van der Waals surface area contributed by atoms with Crippen LogP contribution >= 0.6 is 11.3 Å². The normalized spacial score (nSPS) is 21.4. The number of fused-ring (bicyclic) bond motifs is 1. The van der Waals surface area contributed by atoms with Crippen molar-refractivity contribution < 1.29 is 21.6 Å². The molecule has 3 aromatic heterocycles. The van der Waals surface area contributed by atoms with Gasteiger partial charge in [-0.3, -0.25) is 0 Å². The molecule has 6 rings (SSSR count). The van der Waals surface area contributed by atoms with Crippen molar-refractivity contribution in [1.82, 2.24) is 18.8 Å². The Kier molecular flexibility index (Phi) is 7.01. The first kappa shape index (κ1) is 26.5. The quantitative estimate of drug-likeness (QED) is 0.259. The lowest BCUT2D eigenvalue weighted by molar-refractivity contribution is -0.140. The van der Waals surface area contributed by atoms with E-state index in [-0.39, 0.29) is 21.5 Å². The molecule has 1 saturated carbocycles. The minimum absolute atomic E-state index is 0.0745. The van der Waals surface area contributed by atoms with Crippen LogP contribution < -0.4 is 0 Å². The average molecular weight is 575 g/mol. The van der Waals surface area contributed by atoms with Crippen LogP contribution in [-0.2, 0) is 16.2 Å². The molecule has 0 bridgehead atoms. The summed E-state index contributed by atoms with van der Waals surface area (Å²) in [5.74, 6) is 0.270. The first-order valence-electron chi connectivity index (χ1n) is 13.3. The van der Waals surface area contributed by atoms with Gasteiger partial charge < -0.3 is 4.90 Å². The van der Waals surface area contributed by atoms with Gasteiger partial charge >= 0.3 is 6.18 Å². The largest absolute Gasteiger partial charge is 0.434 e. The minimum Gasteiger partial charge on any atom is -0.300 e. The van der Waals surface area contributed by atoms with Gasteiger partial charge in [-0.2, -0.15) is 13.2 Å². The van der Waals surface area contributed by atoms with Crippen LogP contribution in [0.2, 0.25) is 0 Å². The molecular formula is C28H29F3N4O2S2. The summed E-state index contributed by atoms with van der Waals surface area (Å²) < 4.78 is 68.2. The molecule has 2 fully saturated rings. The molecule has 2 aliphatic rings. The zero-order valence-electron chi connectivity index (χ0n) is 21.3. The smallest absolute Gasteiger partial charge is 0.300 e. The number of thiazole rings is 1. The lowest BCUT2D eigenvalue weighted by Crippen LogP contribution is -2.41. The van der Waals surface area contributed by atoms with Gasteiger partial charge in [0.05, 0.1) is 4.90 Å². The maximum absolute atomic E-state index is 13.6. The molecule has 0 N–H and O–H groups in total. The number of alkyl halides is 3. The van der Waals surface area contributed by atoms with Gasteiger partial charge in [0, 0.05) is 34.8 Å². The van der Waals surface area contributed by atoms with Crippen LogP contribution in [0.3, 0.4) is 0 Å². The molecule has 11 heteroatoms. The predicted molar refractivity (Wildman–Crippen MR) is 145 cm³/mol. The highest BCUT2D eigenvalue weighted by atomic mass is 32.2. The van der Waals surface area contributed by atoms with E-state index in [0.717, 1.165) is 51.9 Å². The number of benzene rings is 1. The Morgan fingerprint density at radius 3 is 2.36 bits per heavy atom. The molecular weight excluding hydrogens is 545 g/mol. The fourth-order valence-corrected chi connectivity index (χ4v) is 8.16. The number of aromatic nitrogens is 3. The summed E-state index contributed by atoms with van der Waals surface area (Å²) in [6.45, 7) is 2.34. The van der Waals surface area contributed by atoms with Crippen molar-refractivity contribution in [3.05, 3.63) is 65.4 Å². The summed E-state index contributed by atoms with van der Waals surface area (Å²) in [6, 6.07) is 10.5. The lowest BCUT2D eigenvalue weighted by Gasteiger charge is -2.39. The Hall–Kier alpha value is -2.76. The molecule has 0 amide bonds. The third-order valence-corrected chi connectivity index (χ3v) is 10.6.